The van der Waals surface area contributed by atoms with Gasteiger partial charge >= 0.3 is 0 Å². The Kier molecular flexibility index (Phi) is 4.44. The van der Waals surface area contributed by atoms with Crippen LogP contribution < -0.4 is 5.32 Å². The first-order chi connectivity index (χ1) is 7.56. The molecule has 0 aliphatic carbocycles. The molecule has 0 heterocycles. The van der Waals surface area contributed by atoms with Gasteiger partial charge in [0, 0.05) is 12.1 Å². The summed E-state index contributed by atoms with van der Waals surface area (Å²) in [4.78, 5) is 12.0. The maximum atomic E-state index is 12.0. The average molecular weight is 217 g/mol. The number of ketones is 1. The van der Waals surface area contributed by atoms with Crippen LogP contribution in [0.5, 0.6) is 0 Å². The van der Waals surface area contributed by atoms with E-state index in [4.69, 9.17) is 0 Å². The molecule has 1 rings (SSSR count). The molecule has 0 spiro atoms. The largest absolute Gasteiger partial charge is 0.304 e. The molecule has 1 aromatic carbocycles. The van der Waals surface area contributed by atoms with Gasteiger partial charge in [-0.2, -0.15) is 0 Å². The van der Waals surface area contributed by atoms with E-state index in [1.165, 1.54) is 5.56 Å². The highest BCUT2D eigenvalue weighted by Crippen LogP contribution is 2.11. The quantitative estimate of drug-likeness (QED) is 0.607. The van der Waals surface area contributed by atoms with Crippen LogP contribution in [0.15, 0.2) is 30.9 Å². The Bertz CT molecular complexity index is 396. The van der Waals surface area contributed by atoms with Crippen LogP contribution in [-0.2, 0) is 0 Å². The Morgan fingerprint density at radius 3 is 2.69 bits per heavy atom. The van der Waals surface area contributed by atoms with Crippen molar-refractivity contribution in [1.82, 2.24) is 5.32 Å². The third-order valence-corrected chi connectivity index (χ3v) is 2.75. The molecule has 1 atom stereocenters. The number of carbonyl (C=O) groups is 1. The zero-order valence-corrected chi connectivity index (χ0v) is 10.2. The zero-order valence-electron chi connectivity index (χ0n) is 10.2. The van der Waals surface area contributed by atoms with Gasteiger partial charge in [0.25, 0.3) is 0 Å². The van der Waals surface area contributed by atoms with Crippen molar-refractivity contribution in [2.24, 2.45) is 0 Å². The summed E-state index contributed by atoms with van der Waals surface area (Å²) in [5.41, 5.74) is 3.14. The van der Waals surface area contributed by atoms with Crippen LogP contribution in [0.1, 0.15) is 28.4 Å². The van der Waals surface area contributed by atoms with Gasteiger partial charge in [-0.15, -0.1) is 6.58 Å². The highest BCUT2D eigenvalue weighted by molar-refractivity contribution is 6.00. The molecule has 0 saturated carbocycles. The Labute approximate surface area is 97.4 Å². The lowest BCUT2D eigenvalue weighted by atomic mass is 10.0. The average Bonchev–Trinajstić information content (AvgIpc) is 2.28. The normalized spacial score (nSPS) is 12.2. The lowest BCUT2D eigenvalue weighted by Gasteiger charge is -2.12. The van der Waals surface area contributed by atoms with Gasteiger partial charge in [0.1, 0.15) is 0 Å². The van der Waals surface area contributed by atoms with Crippen LogP contribution in [0.2, 0.25) is 0 Å². The monoisotopic (exact) mass is 217 g/mol. The van der Waals surface area contributed by atoms with E-state index in [9.17, 15) is 4.79 Å². The van der Waals surface area contributed by atoms with E-state index in [1.54, 1.807) is 6.08 Å². The molecule has 0 saturated heterocycles. The predicted molar refractivity (Wildman–Crippen MR) is 67.9 cm³/mol. The van der Waals surface area contributed by atoms with E-state index >= 15 is 0 Å². The fourth-order valence-electron chi connectivity index (χ4n) is 1.50. The van der Waals surface area contributed by atoms with E-state index in [1.807, 2.05) is 39.0 Å². The third-order valence-electron chi connectivity index (χ3n) is 2.75. The first-order valence-corrected chi connectivity index (χ1v) is 5.52. The van der Waals surface area contributed by atoms with Crippen LogP contribution >= 0.6 is 0 Å². The van der Waals surface area contributed by atoms with Crippen molar-refractivity contribution in [2.75, 3.05) is 6.54 Å². The first kappa shape index (κ1) is 12.7. The molecule has 2 nitrogen and oxygen atoms in total. The zero-order chi connectivity index (χ0) is 12.1. The molecule has 2 heteroatoms. The van der Waals surface area contributed by atoms with Crippen molar-refractivity contribution in [3.63, 3.8) is 0 Å². The Morgan fingerprint density at radius 2 is 2.12 bits per heavy atom. The number of carbonyl (C=O) groups excluding carboxylic acids is 1. The number of aryl methyl sites for hydroxylation is 2. The van der Waals surface area contributed by atoms with Gasteiger partial charge in [-0.1, -0.05) is 18.2 Å². The lowest BCUT2D eigenvalue weighted by Crippen LogP contribution is -2.34. The lowest BCUT2D eigenvalue weighted by molar-refractivity contribution is 0.0953. The highest BCUT2D eigenvalue weighted by atomic mass is 16.1. The Hall–Kier alpha value is -1.41. The third kappa shape index (κ3) is 3.04. The van der Waals surface area contributed by atoms with Crippen LogP contribution in [0, 0.1) is 13.8 Å². The van der Waals surface area contributed by atoms with Gasteiger partial charge < -0.3 is 5.32 Å². The minimum absolute atomic E-state index is 0.130. The smallest absolute Gasteiger partial charge is 0.179 e. The molecule has 0 aromatic heterocycles. The maximum absolute atomic E-state index is 12.0. The number of nitrogens with one attached hydrogen (secondary N) is 1. The number of hydrogen-bond donors (Lipinski definition) is 1. The molecule has 0 radical (unpaired) electrons. The van der Waals surface area contributed by atoms with Crippen LogP contribution in [-0.4, -0.2) is 18.4 Å². The van der Waals surface area contributed by atoms with Gasteiger partial charge in [0.05, 0.1) is 6.04 Å². The molecule has 0 aliphatic heterocycles. The standard InChI is InChI=1S/C14H19NO/c1-5-8-15-12(4)14(16)13-7-6-10(2)11(3)9-13/h5-7,9,12,15H,1,8H2,2-4H3. The molecule has 86 valence electrons. The summed E-state index contributed by atoms with van der Waals surface area (Å²) >= 11 is 0. The Morgan fingerprint density at radius 1 is 1.44 bits per heavy atom. The number of hydrogen-bond acceptors (Lipinski definition) is 2. The van der Waals surface area contributed by atoms with Gasteiger partial charge in [-0.3, -0.25) is 4.79 Å². The summed E-state index contributed by atoms with van der Waals surface area (Å²) in [6, 6.07) is 5.66. The highest BCUT2D eigenvalue weighted by Gasteiger charge is 2.14. The fraction of sp³-hybridized carbons (Fsp3) is 0.357. The van der Waals surface area contributed by atoms with Gasteiger partial charge in [0.15, 0.2) is 5.78 Å². The number of rotatable bonds is 5. The van der Waals surface area contributed by atoms with E-state index in [-0.39, 0.29) is 11.8 Å². The molecule has 0 bridgehead atoms. The molecule has 0 aliphatic rings. The molecule has 1 unspecified atom stereocenters. The van der Waals surface area contributed by atoms with Crippen molar-refractivity contribution in [2.45, 2.75) is 26.8 Å². The van der Waals surface area contributed by atoms with Crippen LogP contribution in [0.3, 0.4) is 0 Å². The Balaban J connectivity index is 2.79. The summed E-state index contributed by atoms with van der Waals surface area (Å²) in [6.07, 6.45) is 1.75. The summed E-state index contributed by atoms with van der Waals surface area (Å²) < 4.78 is 0. The van der Waals surface area contributed by atoms with Gasteiger partial charge in [-0.25, -0.2) is 0 Å². The second-order valence-corrected chi connectivity index (χ2v) is 4.08. The van der Waals surface area contributed by atoms with Crippen LogP contribution in [0.25, 0.3) is 0 Å². The van der Waals surface area contributed by atoms with Crippen molar-refractivity contribution in [3.05, 3.63) is 47.5 Å². The molecule has 0 amide bonds. The van der Waals surface area contributed by atoms with Crippen LogP contribution in [0.4, 0.5) is 0 Å². The van der Waals surface area contributed by atoms with Crippen molar-refractivity contribution in [3.8, 4) is 0 Å². The SMILES string of the molecule is C=CCNC(C)C(=O)c1ccc(C)c(C)c1. The first-order valence-electron chi connectivity index (χ1n) is 5.52. The minimum atomic E-state index is -0.167. The van der Waals surface area contributed by atoms with Crippen molar-refractivity contribution in [1.29, 1.82) is 0 Å². The van der Waals surface area contributed by atoms with E-state index in [0.717, 1.165) is 11.1 Å². The second-order valence-electron chi connectivity index (χ2n) is 4.08. The summed E-state index contributed by atoms with van der Waals surface area (Å²) in [5.74, 6) is 0.130. The van der Waals surface area contributed by atoms with Crippen molar-refractivity contribution >= 4 is 5.78 Å². The maximum Gasteiger partial charge on any atom is 0.179 e. The van der Waals surface area contributed by atoms with Crippen molar-refractivity contribution < 1.29 is 4.79 Å². The fourth-order valence-corrected chi connectivity index (χ4v) is 1.50. The molecule has 1 N–H and O–H groups in total. The molecular formula is C14H19NO. The summed E-state index contributed by atoms with van der Waals surface area (Å²) in [5, 5.41) is 3.10. The second kappa shape index (κ2) is 5.61. The predicted octanol–water partition coefficient (Wildman–Crippen LogP) is 2.65. The van der Waals surface area contributed by atoms with E-state index in [2.05, 4.69) is 11.9 Å². The van der Waals surface area contributed by atoms with E-state index in [0.29, 0.717) is 6.54 Å². The summed E-state index contributed by atoms with van der Waals surface area (Å²) in [6.45, 7) is 10.2. The molecular weight excluding hydrogens is 198 g/mol. The minimum Gasteiger partial charge on any atom is -0.304 e. The molecule has 1 aromatic rings. The molecule has 16 heavy (non-hydrogen) atoms. The van der Waals surface area contributed by atoms with E-state index < -0.39 is 0 Å². The molecule has 0 fully saturated rings. The summed E-state index contributed by atoms with van der Waals surface area (Å²) in [7, 11) is 0. The topological polar surface area (TPSA) is 29.1 Å². The van der Waals surface area contributed by atoms with Gasteiger partial charge in [0.2, 0.25) is 0 Å². The number of Topliss-reactive ketones (excluding diaryl/α,β-unsaturated/α-hetero) is 1. The van der Waals surface area contributed by atoms with Gasteiger partial charge in [-0.05, 0) is 38.0 Å². The number of benzene rings is 1.